The second-order valence-electron chi connectivity index (χ2n) is 5.08. The molecule has 0 saturated heterocycles. The summed E-state index contributed by atoms with van der Waals surface area (Å²) in [5.74, 6) is 0.240. The minimum Gasteiger partial charge on any atom is -0.243 e. The third-order valence-electron chi connectivity index (χ3n) is 3.16. The van der Waals surface area contributed by atoms with Gasteiger partial charge in [-0.3, -0.25) is 0 Å². The molecule has 2 aromatic heterocycles. The molecule has 2 rings (SSSR count). The van der Waals surface area contributed by atoms with Gasteiger partial charge in [0.2, 0.25) is 0 Å². The van der Waals surface area contributed by atoms with Gasteiger partial charge in [0.1, 0.15) is 0 Å². The maximum Gasteiger partial charge on any atom is 0.372 e. The van der Waals surface area contributed by atoms with Crippen LogP contribution in [0, 0.1) is 0 Å². The average molecular weight is 276 g/mol. The highest BCUT2D eigenvalue weighted by molar-refractivity contribution is 5.77. The minimum absolute atomic E-state index is 0.240. The second kappa shape index (κ2) is 6.40. The van der Waals surface area contributed by atoms with Gasteiger partial charge in [-0.1, -0.05) is 44.0 Å². The Morgan fingerprint density at radius 2 is 2.10 bits per heavy atom. The van der Waals surface area contributed by atoms with E-state index in [4.69, 9.17) is 0 Å². The van der Waals surface area contributed by atoms with E-state index < -0.39 is 0 Å². The van der Waals surface area contributed by atoms with E-state index in [0.29, 0.717) is 0 Å². The first-order valence-corrected chi connectivity index (χ1v) is 7.00. The molecule has 0 amide bonds. The lowest BCUT2D eigenvalue weighted by Crippen LogP contribution is -2.23. The molecule has 2 heterocycles. The number of carbonyl (C=O) groups is 1. The van der Waals surface area contributed by atoms with Crippen LogP contribution in [0.4, 0.5) is 4.79 Å². The minimum atomic E-state index is -0.339. The zero-order valence-corrected chi connectivity index (χ0v) is 12.2. The predicted molar refractivity (Wildman–Crippen MR) is 73.6 cm³/mol. The monoisotopic (exact) mass is 276 g/mol. The van der Waals surface area contributed by atoms with Gasteiger partial charge in [0.15, 0.2) is 0 Å². The Labute approximate surface area is 118 Å². The highest BCUT2D eigenvalue weighted by atomic mass is 16.2. The van der Waals surface area contributed by atoms with E-state index in [1.54, 1.807) is 0 Å². The van der Waals surface area contributed by atoms with Crippen molar-refractivity contribution in [2.45, 2.75) is 52.4 Å². The molecule has 7 heteroatoms. The van der Waals surface area contributed by atoms with Crippen molar-refractivity contribution in [1.82, 2.24) is 30.0 Å². The van der Waals surface area contributed by atoms with E-state index >= 15 is 0 Å². The number of hydrogen-bond donors (Lipinski definition) is 0. The first-order chi connectivity index (χ1) is 9.65. The fourth-order valence-electron chi connectivity index (χ4n) is 2.10. The normalized spacial score (nSPS) is 11.2. The van der Waals surface area contributed by atoms with Crippen molar-refractivity contribution in [2.75, 3.05) is 0 Å². The molecule has 0 spiro atoms. The van der Waals surface area contributed by atoms with Crippen molar-refractivity contribution >= 4 is 6.03 Å². The van der Waals surface area contributed by atoms with Gasteiger partial charge in [-0.15, -0.1) is 10.2 Å². The van der Waals surface area contributed by atoms with Crippen molar-refractivity contribution in [1.29, 1.82) is 0 Å². The van der Waals surface area contributed by atoms with E-state index in [-0.39, 0.29) is 11.9 Å². The number of unbranched alkanes of at least 4 members (excludes halogenated alkanes) is 2. The third kappa shape index (κ3) is 2.92. The highest BCUT2D eigenvalue weighted by Gasteiger charge is 2.21. The average Bonchev–Trinajstić information content (AvgIpc) is 3.07. The van der Waals surface area contributed by atoms with Crippen molar-refractivity contribution in [3.63, 3.8) is 0 Å². The van der Waals surface area contributed by atoms with Crippen LogP contribution in [0.5, 0.6) is 0 Å². The molecule has 0 aliphatic carbocycles. The topological polar surface area (TPSA) is 78.5 Å². The van der Waals surface area contributed by atoms with Gasteiger partial charge in [0, 0.05) is 0 Å². The van der Waals surface area contributed by atoms with Crippen LogP contribution in [-0.4, -0.2) is 36.0 Å². The van der Waals surface area contributed by atoms with E-state index in [1.807, 2.05) is 0 Å². The smallest absolute Gasteiger partial charge is 0.243 e. The summed E-state index contributed by atoms with van der Waals surface area (Å²) in [7, 11) is 0. The van der Waals surface area contributed by atoms with Crippen LogP contribution in [0.1, 0.15) is 57.3 Å². The Morgan fingerprint density at radius 3 is 2.70 bits per heavy atom. The molecular formula is C13H20N6O. The molecule has 0 aliphatic heterocycles. The number of hydrogen-bond acceptors (Lipinski definition) is 5. The first-order valence-electron chi connectivity index (χ1n) is 7.00. The SMILES string of the molecule is CCCCCc1c(C(C)C)nnn1C(=O)n1ccnn1. The Hall–Kier alpha value is -2.05. The summed E-state index contributed by atoms with van der Waals surface area (Å²) in [6.45, 7) is 6.26. The van der Waals surface area contributed by atoms with Crippen molar-refractivity contribution in [2.24, 2.45) is 0 Å². The molecule has 2 aromatic rings. The summed E-state index contributed by atoms with van der Waals surface area (Å²) in [5, 5.41) is 15.5. The number of rotatable bonds is 5. The van der Waals surface area contributed by atoms with Crippen LogP contribution in [0.3, 0.4) is 0 Å². The molecule has 0 N–H and O–H groups in total. The van der Waals surface area contributed by atoms with Crippen molar-refractivity contribution in [3.8, 4) is 0 Å². The summed E-state index contributed by atoms with van der Waals surface area (Å²) in [4.78, 5) is 12.3. The Kier molecular flexibility index (Phi) is 4.60. The van der Waals surface area contributed by atoms with Crippen LogP contribution >= 0.6 is 0 Å². The van der Waals surface area contributed by atoms with Gasteiger partial charge in [0.05, 0.1) is 23.8 Å². The lowest BCUT2D eigenvalue weighted by atomic mass is 10.0. The standard InChI is InChI=1S/C13H20N6O/c1-4-5-6-7-11-12(10(2)3)15-17-19(11)13(20)18-9-8-14-16-18/h8-10H,4-7H2,1-3H3. The number of nitrogens with zero attached hydrogens (tertiary/aromatic N) is 6. The number of carbonyl (C=O) groups excluding carboxylic acids is 1. The quantitative estimate of drug-likeness (QED) is 0.782. The van der Waals surface area contributed by atoms with Crippen molar-refractivity contribution in [3.05, 3.63) is 23.8 Å². The summed E-state index contributed by atoms with van der Waals surface area (Å²) >= 11 is 0. The molecular weight excluding hydrogens is 256 g/mol. The highest BCUT2D eigenvalue weighted by Crippen LogP contribution is 2.19. The summed E-state index contributed by atoms with van der Waals surface area (Å²) in [5.41, 5.74) is 1.77. The molecule has 0 unspecified atom stereocenters. The van der Waals surface area contributed by atoms with E-state index in [2.05, 4.69) is 41.4 Å². The van der Waals surface area contributed by atoms with Gasteiger partial charge in [-0.2, -0.15) is 9.36 Å². The van der Waals surface area contributed by atoms with E-state index in [9.17, 15) is 4.79 Å². The second-order valence-corrected chi connectivity index (χ2v) is 5.08. The van der Waals surface area contributed by atoms with E-state index in [0.717, 1.165) is 37.1 Å². The third-order valence-corrected chi connectivity index (χ3v) is 3.16. The maximum absolute atomic E-state index is 12.3. The molecule has 0 radical (unpaired) electrons. The van der Waals surface area contributed by atoms with Gasteiger partial charge < -0.3 is 0 Å². The molecule has 108 valence electrons. The molecule has 0 aliphatic rings. The van der Waals surface area contributed by atoms with Crippen LogP contribution in [0.2, 0.25) is 0 Å². The fraction of sp³-hybridized carbons (Fsp3) is 0.615. The maximum atomic E-state index is 12.3. The Bertz CT molecular complexity index is 557. The summed E-state index contributed by atoms with van der Waals surface area (Å²) in [6.07, 6.45) is 7.06. The molecule has 0 bridgehead atoms. The molecule has 0 aromatic carbocycles. The largest absolute Gasteiger partial charge is 0.372 e. The Balaban J connectivity index is 2.30. The molecule has 0 atom stereocenters. The lowest BCUT2D eigenvalue weighted by Gasteiger charge is -2.08. The van der Waals surface area contributed by atoms with Crippen LogP contribution < -0.4 is 0 Å². The molecule has 20 heavy (non-hydrogen) atoms. The molecule has 0 fully saturated rings. The zero-order valence-electron chi connectivity index (χ0n) is 12.2. The van der Waals surface area contributed by atoms with Crippen molar-refractivity contribution < 1.29 is 4.79 Å². The van der Waals surface area contributed by atoms with Crippen LogP contribution in [0.15, 0.2) is 12.4 Å². The molecule has 7 nitrogen and oxygen atoms in total. The van der Waals surface area contributed by atoms with Gasteiger partial charge in [-0.25, -0.2) is 4.79 Å². The van der Waals surface area contributed by atoms with Gasteiger partial charge >= 0.3 is 6.03 Å². The first kappa shape index (κ1) is 14.4. The molecule has 0 saturated carbocycles. The number of aromatic nitrogens is 6. The van der Waals surface area contributed by atoms with Crippen LogP contribution in [0.25, 0.3) is 0 Å². The van der Waals surface area contributed by atoms with Gasteiger partial charge in [-0.05, 0) is 18.8 Å². The summed E-state index contributed by atoms with van der Waals surface area (Å²) < 4.78 is 2.52. The zero-order chi connectivity index (χ0) is 14.5. The predicted octanol–water partition coefficient (Wildman–Crippen LogP) is 2.24. The van der Waals surface area contributed by atoms with Crippen LogP contribution in [-0.2, 0) is 6.42 Å². The fourth-order valence-corrected chi connectivity index (χ4v) is 2.10. The Morgan fingerprint density at radius 1 is 1.30 bits per heavy atom. The van der Waals surface area contributed by atoms with Gasteiger partial charge in [0.25, 0.3) is 0 Å². The summed E-state index contributed by atoms with van der Waals surface area (Å²) in [6, 6.07) is -0.339. The lowest BCUT2D eigenvalue weighted by molar-refractivity contribution is 0.236. The van der Waals surface area contributed by atoms with E-state index in [1.165, 1.54) is 21.8 Å².